The van der Waals surface area contributed by atoms with Crippen LogP contribution in [-0.2, 0) is 33.5 Å². The van der Waals surface area contributed by atoms with Gasteiger partial charge in [-0.15, -0.1) is 0 Å². The molecule has 0 aliphatic rings. The average Bonchev–Trinajstić information content (AvgIpc) is 2.88. The van der Waals surface area contributed by atoms with Crippen molar-refractivity contribution in [1.29, 1.82) is 0 Å². The van der Waals surface area contributed by atoms with Crippen LogP contribution in [-0.4, -0.2) is 41.4 Å². The van der Waals surface area contributed by atoms with Gasteiger partial charge in [-0.3, -0.25) is 4.72 Å². The first-order chi connectivity index (χ1) is 17.9. The van der Waals surface area contributed by atoms with Crippen LogP contribution in [0.3, 0.4) is 0 Å². The highest BCUT2D eigenvalue weighted by molar-refractivity contribution is 7.92. The summed E-state index contributed by atoms with van der Waals surface area (Å²) >= 11 is 0. The molecule has 1 aromatic carbocycles. The van der Waals surface area contributed by atoms with Crippen LogP contribution >= 0.6 is 7.14 Å². The van der Waals surface area contributed by atoms with Crippen molar-refractivity contribution in [3.05, 3.63) is 65.5 Å². The van der Waals surface area contributed by atoms with Crippen molar-refractivity contribution in [3.63, 3.8) is 0 Å². The maximum atomic E-state index is 13.7. The van der Waals surface area contributed by atoms with E-state index in [1.54, 1.807) is 24.3 Å². The van der Waals surface area contributed by atoms with Gasteiger partial charge in [-0.25, -0.2) is 18.4 Å². The van der Waals surface area contributed by atoms with Gasteiger partial charge in [0, 0.05) is 36.4 Å². The van der Waals surface area contributed by atoms with Gasteiger partial charge in [-0.05, 0) is 43.0 Å². The number of benzene rings is 1. The third-order valence-corrected chi connectivity index (χ3v) is 10.4. The number of hydrogen-bond acceptors (Lipinski definition) is 8. The molecule has 14 heteroatoms. The third-order valence-electron chi connectivity index (χ3n) is 5.90. The van der Waals surface area contributed by atoms with Gasteiger partial charge >= 0.3 is 6.18 Å². The Bertz CT molecular complexity index is 1390. The van der Waals surface area contributed by atoms with Gasteiger partial charge in [-0.2, -0.15) is 18.2 Å². The van der Waals surface area contributed by atoms with E-state index in [0.29, 0.717) is 35.9 Å². The van der Waals surface area contributed by atoms with E-state index in [1.165, 1.54) is 13.1 Å². The van der Waals surface area contributed by atoms with Crippen LogP contribution in [0.15, 0.2) is 48.8 Å². The zero-order valence-electron chi connectivity index (χ0n) is 21.2. The second-order valence-electron chi connectivity index (χ2n) is 8.49. The highest BCUT2D eigenvalue weighted by Crippen LogP contribution is 2.48. The SMILES string of the molecule is CCP(=O)(CC)Cc1ccc(Nc2ncc(C(F)(F)F)c(NCc3cccnc3NS(=O)(=O)CC)n2)cc1. The number of sulfonamides is 1. The first-order valence-electron chi connectivity index (χ1n) is 11.9. The lowest BCUT2D eigenvalue weighted by molar-refractivity contribution is -0.137. The van der Waals surface area contributed by atoms with Gasteiger partial charge in [-0.1, -0.05) is 32.0 Å². The summed E-state index contributed by atoms with van der Waals surface area (Å²) < 4.78 is 79.9. The van der Waals surface area contributed by atoms with Crippen molar-refractivity contribution in [1.82, 2.24) is 15.0 Å². The van der Waals surface area contributed by atoms with Crippen LogP contribution in [0.4, 0.5) is 36.4 Å². The molecule has 0 atom stereocenters. The topological polar surface area (TPSA) is 126 Å². The minimum Gasteiger partial charge on any atom is -0.365 e. The second kappa shape index (κ2) is 12.1. The number of alkyl halides is 3. The lowest BCUT2D eigenvalue weighted by Gasteiger charge is -2.16. The van der Waals surface area contributed by atoms with Gasteiger partial charge in [0.15, 0.2) is 0 Å². The van der Waals surface area contributed by atoms with Crippen molar-refractivity contribution < 1.29 is 26.2 Å². The van der Waals surface area contributed by atoms with Gasteiger partial charge in [0.05, 0.1) is 12.9 Å². The zero-order valence-corrected chi connectivity index (χ0v) is 22.9. The molecule has 0 aliphatic heterocycles. The third kappa shape index (κ3) is 7.91. The molecule has 0 bridgehead atoms. The standard InChI is InChI=1S/C24H30F3N6O3PS/c1-4-37(34,5-2)16-17-9-11-19(12-10-17)31-23-30-15-20(24(25,26)27)22(32-23)29-14-18-8-7-13-28-21(18)33-38(35,36)6-3/h7-13,15H,4-6,14,16H2,1-3H3,(H,28,33)(H2,29,30,31,32). The van der Waals surface area contributed by atoms with Crippen LogP contribution in [0, 0.1) is 0 Å². The number of aromatic nitrogens is 3. The molecule has 2 aromatic heterocycles. The van der Waals surface area contributed by atoms with Crippen LogP contribution in [0.1, 0.15) is 37.5 Å². The van der Waals surface area contributed by atoms with Gasteiger partial charge in [0.1, 0.15) is 17.2 Å². The Morgan fingerprint density at radius 2 is 1.66 bits per heavy atom. The van der Waals surface area contributed by atoms with Gasteiger partial charge in [0.25, 0.3) is 0 Å². The van der Waals surface area contributed by atoms with Crippen molar-refractivity contribution in [2.24, 2.45) is 0 Å². The summed E-state index contributed by atoms with van der Waals surface area (Å²) in [5.74, 6) is -0.725. The molecule has 0 fully saturated rings. The van der Waals surface area contributed by atoms with Crippen molar-refractivity contribution in [2.75, 3.05) is 33.4 Å². The van der Waals surface area contributed by atoms with Crippen LogP contribution < -0.4 is 15.4 Å². The van der Waals surface area contributed by atoms with Crippen LogP contribution in [0.5, 0.6) is 0 Å². The lowest BCUT2D eigenvalue weighted by atomic mass is 10.2. The summed E-state index contributed by atoms with van der Waals surface area (Å²) in [6.07, 6.45) is -0.964. The summed E-state index contributed by atoms with van der Waals surface area (Å²) in [4.78, 5) is 11.8. The molecule has 38 heavy (non-hydrogen) atoms. The molecule has 0 unspecified atom stereocenters. The monoisotopic (exact) mass is 570 g/mol. The fourth-order valence-corrected chi connectivity index (χ4v) is 5.85. The van der Waals surface area contributed by atoms with Crippen LogP contribution in [0.2, 0.25) is 0 Å². The van der Waals surface area contributed by atoms with Crippen LogP contribution in [0.25, 0.3) is 0 Å². The Kier molecular flexibility index (Phi) is 9.37. The lowest BCUT2D eigenvalue weighted by Crippen LogP contribution is -2.18. The molecule has 3 aromatic rings. The minimum absolute atomic E-state index is 0.0126. The maximum Gasteiger partial charge on any atom is 0.421 e. The molecule has 0 spiro atoms. The van der Waals surface area contributed by atoms with E-state index in [1.807, 2.05) is 26.0 Å². The van der Waals surface area contributed by atoms with Crippen molar-refractivity contribution in [2.45, 2.75) is 39.7 Å². The molecule has 0 radical (unpaired) electrons. The number of nitrogens with zero attached hydrogens (tertiary/aromatic N) is 3. The first-order valence-corrected chi connectivity index (χ1v) is 15.8. The number of halogens is 3. The normalized spacial score (nSPS) is 12.3. The molecule has 3 N–H and O–H groups in total. The predicted octanol–water partition coefficient (Wildman–Crippen LogP) is 5.91. The molecular formula is C24H30F3N6O3PS. The Hall–Kier alpha value is -3.18. The molecule has 3 rings (SSSR count). The summed E-state index contributed by atoms with van der Waals surface area (Å²) in [5.41, 5.74) is 0.709. The van der Waals surface area contributed by atoms with Crippen molar-refractivity contribution in [3.8, 4) is 0 Å². The molecule has 0 aliphatic carbocycles. The molecule has 0 saturated heterocycles. The smallest absolute Gasteiger partial charge is 0.365 e. The summed E-state index contributed by atoms with van der Waals surface area (Å²) in [6, 6.07) is 10.2. The van der Waals surface area contributed by atoms with Gasteiger partial charge < -0.3 is 15.2 Å². The minimum atomic E-state index is -4.73. The molecular weight excluding hydrogens is 540 g/mol. The Balaban J connectivity index is 1.82. The number of anilines is 4. The largest absolute Gasteiger partial charge is 0.421 e. The molecule has 0 amide bonds. The number of nitrogens with one attached hydrogen (secondary N) is 3. The predicted molar refractivity (Wildman–Crippen MR) is 144 cm³/mol. The Labute approximate surface area is 220 Å². The van der Waals surface area contributed by atoms with E-state index in [0.717, 1.165) is 5.56 Å². The fourth-order valence-electron chi connectivity index (χ4n) is 3.46. The van der Waals surface area contributed by atoms with Gasteiger partial charge in [0.2, 0.25) is 16.0 Å². The van der Waals surface area contributed by atoms with E-state index < -0.39 is 34.7 Å². The maximum absolute atomic E-state index is 13.7. The molecule has 206 valence electrons. The summed E-state index contributed by atoms with van der Waals surface area (Å²) in [5, 5.41) is 5.52. The number of rotatable bonds is 12. The highest BCUT2D eigenvalue weighted by atomic mass is 32.2. The Morgan fingerprint density at radius 1 is 0.974 bits per heavy atom. The Morgan fingerprint density at radius 3 is 2.26 bits per heavy atom. The van der Waals surface area contributed by atoms with Crippen molar-refractivity contribution >= 4 is 40.4 Å². The number of pyridine rings is 1. The first kappa shape index (κ1) is 29.4. The van der Waals surface area contributed by atoms with E-state index in [4.69, 9.17) is 0 Å². The van der Waals surface area contributed by atoms with E-state index in [9.17, 15) is 26.2 Å². The highest BCUT2D eigenvalue weighted by Gasteiger charge is 2.35. The van der Waals surface area contributed by atoms with E-state index in [2.05, 4.69) is 30.3 Å². The molecule has 0 saturated carbocycles. The quantitative estimate of drug-likeness (QED) is 0.230. The number of hydrogen-bond donors (Lipinski definition) is 3. The molecule has 9 nitrogen and oxygen atoms in total. The average molecular weight is 571 g/mol. The summed E-state index contributed by atoms with van der Waals surface area (Å²) in [7, 11) is -5.90. The second-order valence-corrected chi connectivity index (χ2v) is 14.2. The van der Waals surface area contributed by atoms with E-state index >= 15 is 0 Å². The zero-order chi connectivity index (χ0) is 28.0. The summed E-state index contributed by atoms with van der Waals surface area (Å²) in [6.45, 7) is 5.09. The van der Waals surface area contributed by atoms with E-state index in [-0.39, 0.29) is 24.1 Å². The molecule has 2 heterocycles. The fraction of sp³-hybridized carbons (Fsp3) is 0.375.